The number of rotatable bonds is 3. The minimum Gasteiger partial charge on any atom is -0.370 e. The van der Waals surface area contributed by atoms with Crippen LogP contribution < -0.4 is 10.2 Å². The van der Waals surface area contributed by atoms with Crippen LogP contribution in [0.15, 0.2) is 42.5 Å². The number of hydrogen-bond donors (Lipinski definition) is 1. The van der Waals surface area contributed by atoms with Crippen LogP contribution in [0.4, 0.5) is 10.1 Å². The van der Waals surface area contributed by atoms with Crippen LogP contribution in [0.1, 0.15) is 30.0 Å². The molecule has 4 heteroatoms. The predicted octanol–water partition coefficient (Wildman–Crippen LogP) is 4.39. The first-order valence-corrected chi connectivity index (χ1v) is 8.62. The van der Waals surface area contributed by atoms with E-state index >= 15 is 0 Å². The summed E-state index contributed by atoms with van der Waals surface area (Å²) in [6.07, 6.45) is 2.65. The molecule has 1 saturated carbocycles. The molecule has 1 aliphatic carbocycles. The summed E-state index contributed by atoms with van der Waals surface area (Å²) in [4.78, 5) is 2.43. The van der Waals surface area contributed by atoms with Gasteiger partial charge in [0.05, 0.1) is 6.04 Å². The summed E-state index contributed by atoms with van der Waals surface area (Å²) in [5.74, 6) is 0.634. The first-order chi connectivity index (χ1) is 11.2. The van der Waals surface area contributed by atoms with Crippen LogP contribution in [-0.4, -0.2) is 19.6 Å². The third-order valence-corrected chi connectivity index (χ3v) is 5.00. The number of benzene rings is 2. The summed E-state index contributed by atoms with van der Waals surface area (Å²) < 4.78 is 14.3. The normalized spacial score (nSPS) is 21.0. The topological polar surface area (TPSA) is 15.3 Å². The number of nitrogens with zero attached hydrogens (tertiary/aromatic N) is 1. The van der Waals surface area contributed by atoms with Gasteiger partial charge in [-0.3, -0.25) is 0 Å². The molecule has 2 nitrogen and oxygen atoms in total. The molecule has 23 heavy (non-hydrogen) atoms. The number of halogens is 2. The lowest BCUT2D eigenvalue weighted by molar-refractivity contribution is 0.557. The third kappa shape index (κ3) is 3.08. The number of hydrogen-bond acceptors (Lipinski definition) is 2. The van der Waals surface area contributed by atoms with Gasteiger partial charge in [-0.15, -0.1) is 0 Å². The first-order valence-electron chi connectivity index (χ1n) is 8.24. The van der Waals surface area contributed by atoms with Gasteiger partial charge in [0.25, 0.3) is 0 Å². The van der Waals surface area contributed by atoms with Crippen molar-refractivity contribution in [2.45, 2.75) is 18.9 Å². The fourth-order valence-corrected chi connectivity index (χ4v) is 3.59. The zero-order valence-electron chi connectivity index (χ0n) is 12.9. The maximum Gasteiger partial charge on any atom is 0.128 e. The monoisotopic (exact) mass is 330 g/mol. The second kappa shape index (κ2) is 6.14. The van der Waals surface area contributed by atoms with Crippen molar-refractivity contribution in [3.8, 4) is 0 Å². The van der Waals surface area contributed by atoms with E-state index in [0.717, 1.165) is 31.1 Å². The van der Waals surface area contributed by atoms with Crippen molar-refractivity contribution >= 4 is 17.3 Å². The van der Waals surface area contributed by atoms with E-state index < -0.39 is 0 Å². The Morgan fingerprint density at radius 2 is 1.96 bits per heavy atom. The highest BCUT2D eigenvalue weighted by atomic mass is 35.5. The molecule has 120 valence electrons. The Bertz CT molecular complexity index is 714. The fourth-order valence-electron chi connectivity index (χ4n) is 3.41. The van der Waals surface area contributed by atoms with Crippen molar-refractivity contribution < 1.29 is 4.39 Å². The standard InChI is InChI=1S/C19H20ClFN2/c20-14-7-8-18-16(11-14)19(15-3-1-2-4-17(15)21)22-9-10-23(18)12-13-5-6-13/h1-4,7-8,11,13,19,22H,5-6,9-10,12H2. The molecule has 2 aromatic rings. The highest BCUT2D eigenvalue weighted by Crippen LogP contribution is 2.38. The highest BCUT2D eigenvalue weighted by molar-refractivity contribution is 6.30. The number of fused-ring (bicyclic) bond motifs is 1. The molecule has 1 unspecified atom stereocenters. The molecule has 1 N–H and O–H groups in total. The molecule has 0 amide bonds. The molecule has 2 aromatic carbocycles. The molecule has 0 bridgehead atoms. The summed E-state index contributed by atoms with van der Waals surface area (Å²) in [7, 11) is 0. The molecule has 1 heterocycles. The number of anilines is 1. The Hall–Kier alpha value is -1.58. The van der Waals surface area contributed by atoms with Gasteiger partial charge < -0.3 is 10.2 Å². The van der Waals surface area contributed by atoms with Crippen molar-refractivity contribution in [1.82, 2.24) is 5.32 Å². The van der Waals surface area contributed by atoms with E-state index in [4.69, 9.17) is 11.6 Å². The van der Waals surface area contributed by atoms with Crippen LogP contribution in [0.3, 0.4) is 0 Å². The Balaban J connectivity index is 1.78. The van der Waals surface area contributed by atoms with Crippen molar-refractivity contribution in [3.05, 3.63) is 64.4 Å². The van der Waals surface area contributed by atoms with Crippen LogP contribution in [0.5, 0.6) is 0 Å². The highest BCUT2D eigenvalue weighted by Gasteiger charge is 2.29. The van der Waals surface area contributed by atoms with Gasteiger partial charge in [-0.1, -0.05) is 29.8 Å². The van der Waals surface area contributed by atoms with E-state index in [1.54, 1.807) is 6.07 Å². The summed E-state index contributed by atoms with van der Waals surface area (Å²) in [5, 5.41) is 4.20. The molecule has 1 fully saturated rings. The van der Waals surface area contributed by atoms with Gasteiger partial charge in [0.2, 0.25) is 0 Å². The van der Waals surface area contributed by atoms with Gasteiger partial charge in [0.15, 0.2) is 0 Å². The van der Waals surface area contributed by atoms with Crippen molar-refractivity contribution in [1.29, 1.82) is 0 Å². The van der Waals surface area contributed by atoms with E-state index in [-0.39, 0.29) is 11.9 Å². The molecule has 1 atom stereocenters. The van der Waals surface area contributed by atoms with E-state index in [2.05, 4.69) is 16.3 Å². The van der Waals surface area contributed by atoms with Gasteiger partial charge >= 0.3 is 0 Å². The van der Waals surface area contributed by atoms with Gasteiger partial charge in [0, 0.05) is 35.9 Å². The maximum atomic E-state index is 14.3. The summed E-state index contributed by atoms with van der Waals surface area (Å²) in [5.41, 5.74) is 2.93. The third-order valence-electron chi connectivity index (χ3n) is 4.76. The second-order valence-corrected chi connectivity index (χ2v) is 6.94. The Morgan fingerprint density at radius 1 is 1.13 bits per heavy atom. The van der Waals surface area contributed by atoms with E-state index in [1.165, 1.54) is 24.6 Å². The van der Waals surface area contributed by atoms with Gasteiger partial charge in [0.1, 0.15) is 5.82 Å². The fraction of sp³-hybridized carbons (Fsp3) is 0.368. The minimum atomic E-state index is -0.174. The molecular formula is C19H20ClFN2. The quantitative estimate of drug-likeness (QED) is 0.898. The molecule has 1 aliphatic heterocycles. The second-order valence-electron chi connectivity index (χ2n) is 6.50. The first kappa shape index (κ1) is 15.0. The Morgan fingerprint density at radius 3 is 2.74 bits per heavy atom. The van der Waals surface area contributed by atoms with Crippen LogP contribution in [0.2, 0.25) is 5.02 Å². The lowest BCUT2D eigenvalue weighted by Gasteiger charge is -2.26. The molecule has 2 aliphatic rings. The van der Waals surface area contributed by atoms with Crippen LogP contribution in [-0.2, 0) is 0 Å². The SMILES string of the molecule is Fc1ccccc1C1NCCN(CC2CC2)c2ccc(Cl)cc21. The molecule has 0 saturated heterocycles. The maximum absolute atomic E-state index is 14.3. The van der Waals surface area contributed by atoms with Crippen molar-refractivity contribution in [2.24, 2.45) is 5.92 Å². The van der Waals surface area contributed by atoms with Crippen LogP contribution >= 0.6 is 11.6 Å². The van der Waals surface area contributed by atoms with Crippen LogP contribution in [0, 0.1) is 11.7 Å². The molecule has 0 radical (unpaired) electrons. The minimum absolute atomic E-state index is 0.158. The summed E-state index contributed by atoms with van der Waals surface area (Å²) in [6.45, 7) is 2.86. The van der Waals surface area contributed by atoms with E-state index in [1.807, 2.05) is 24.3 Å². The summed E-state index contributed by atoms with van der Waals surface area (Å²) in [6, 6.07) is 12.8. The number of nitrogens with one attached hydrogen (secondary N) is 1. The molecule has 4 rings (SSSR count). The summed E-state index contributed by atoms with van der Waals surface area (Å²) >= 11 is 6.25. The van der Waals surface area contributed by atoms with Gasteiger partial charge in [-0.2, -0.15) is 0 Å². The molecular weight excluding hydrogens is 311 g/mol. The zero-order chi connectivity index (χ0) is 15.8. The largest absolute Gasteiger partial charge is 0.370 e. The average molecular weight is 331 g/mol. The molecule has 0 aromatic heterocycles. The lowest BCUT2D eigenvalue weighted by atomic mass is 9.96. The average Bonchev–Trinajstić information content (AvgIpc) is 3.36. The van der Waals surface area contributed by atoms with Crippen LogP contribution in [0.25, 0.3) is 0 Å². The lowest BCUT2D eigenvalue weighted by Crippen LogP contribution is -2.31. The van der Waals surface area contributed by atoms with Crippen molar-refractivity contribution in [3.63, 3.8) is 0 Å². The van der Waals surface area contributed by atoms with Crippen molar-refractivity contribution in [2.75, 3.05) is 24.5 Å². The van der Waals surface area contributed by atoms with E-state index in [9.17, 15) is 4.39 Å². The zero-order valence-corrected chi connectivity index (χ0v) is 13.7. The molecule has 0 spiro atoms. The van der Waals surface area contributed by atoms with E-state index in [0.29, 0.717) is 10.6 Å². The Labute approximate surface area is 141 Å². The van der Waals surface area contributed by atoms with Gasteiger partial charge in [-0.25, -0.2) is 4.39 Å². The Kier molecular flexibility index (Phi) is 4.00. The van der Waals surface area contributed by atoms with Gasteiger partial charge in [-0.05, 0) is 48.6 Å². The smallest absolute Gasteiger partial charge is 0.128 e. The predicted molar refractivity (Wildman–Crippen MR) is 92.6 cm³/mol.